The summed E-state index contributed by atoms with van der Waals surface area (Å²) in [6, 6.07) is 13.1. The van der Waals surface area contributed by atoms with Gasteiger partial charge in [0, 0.05) is 12.6 Å². The molecule has 1 aliphatic heterocycles. The topological polar surface area (TPSA) is 65.1 Å². The van der Waals surface area contributed by atoms with Gasteiger partial charge in [-0.15, -0.1) is 0 Å². The van der Waals surface area contributed by atoms with Crippen molar-refractivity contribution in [2.45, 2.75) is 19.4 Å². The van der Waals surface area contributed by atoms with Crippen molar-refractivity contribution in [1.82, 2.24) is 5.06 Å². The molecule has 1 aliphatic rings. The molecular formula is C24H26Cl2N3O3+. The van der Waals surface area contributed by atoms with Crippen molar-refractivity contribution in [2.75, 3.05) is 27.2 Å². The minimum absolute atomic E-state index is 0.192. The van der Waals surface area contributed by atoms with Gasteiger partial charge in [0.05, 0.1) is 29.3 Å². The highest BCUT2D eigenvalue weighted by Gasteiger charge is 2.26. The molecule has 0 bridgehead atoms. The van der Waals surface area contributed by atoms with Crippen LogP contribution < -0.4 is 4.74 Å². The van der Waals surface area contributed by atoms with Crippen LogP contribution in [0.3, 0.4) is 0 Å². The third kappa shape index (κ3) is 6.42. The Balaban J connectivity index is 1.62. The second-order valence-electron chi connectivity index (χ2n) is 7.54. The van der Waals surface area contributed by atoms with Crippen molar-refractivity contribution in [3.05, 3.63) is 75.3 Å². The van der Waals surface area contributed by atoms with Gasteiger partial charge in [-0.1, -0.05) is 41.4 Å². The Labute approximate surface area is 198 Å². The summed E-state index contributed by atoms with van der Waals surface area (Å²) >= 11 is 12.0. The van der Waals surface area contributed by atoms with E-state index in [0.29, 0.717) is 47.3 Å². The van der Waals surface area contributed by atoms with E-state index in [2.05, 4.69) is 4.99 Å². The number of ether oxygens (including phenoxy) is 1. The molecule has 0 aliphatic carbocycles. The molecule has 0 unspecified atom stereocenters. The lowest BCUT2D eigenvalue weighted by molar-refractivity contribution is -0.476. The number of rotatable bonds is 8. The lowest BCUT2D eigenvalue weighted by Gasteiger charge is -2.18. The van der Waals surface area contributed by atoms with Crippen LogP contribution in [-0.4, -0.2) is 59.9 Å². The molecule has 0 atom stereocenters. The quantitative estimate of drug-likeness (QED) is 0.349. The van der Waals surface area contributed by atoms with Gasteiger partial charge in [-0.05, 0) is 48.2 Å². The first kappa shape index (κ1) is 24.0. The van der Waals surface area contributed by atoms with Gasteiger partial charge in [-0.2, -0.15) is 0 Å². The summed E-state index contributed by atoms with van der Waals surface area (Å²) in [5.41, 5.74) is 3.03. The number of benzene rings is 2. The fraction of sp³-hybridized carbons (Fsp3) is 0.292. The molecule has 2 aromatic carbocycles. The Bertz CT molecular complexity index is 1060. The zero-order valence-electron chi connectivity index (χ0n) is 18.1. The van der Waals surface area contributed by atoms with E-state index in [0.717, 1.165) is 21.9 Å². The van der Waals surface area contributed by atoms with Crippen molar-refractivity contribution in [3.63, 3.8) is 0 Å². The smallest absolute Gasteiger partial charge is 0.279 e. The van der Waals surface area contributed by atoms with Gasteiger partial charge in [0.1, 0.15) is 18.5 Å². The predicted molar refractivity (Wildman–Crippen MR) is 128 cm³/mol. The maximum atomic E-state index is 12.9. The molecule has 0 fully saturated rings. The predicted octanol–water partition coefficient (Wildman–Crippen LogP) is 4.45. The van der Waals surface area contributed by atoms with E-state index < -0.39 is 5.91 Å². The molecule has 0 spiro atoms. The highest BCUT2D eigenvalue weighted by atomic mass is 35.5. The Morgan fingerprint density at radius 2 is 1.88 bits per heavy atom. The summed E-state index contributed by atoms with van der Waals surface area (Å²) in [6.07, 6.45) is 4.74. The van der Waals surface area contributed by atoms with Crippen LogP contribution in [0.15, 0.2) is 59.1 Å². The van der Waals surface area contributed by atoms with Gasteiger partial charge in [-0.25, -0.2) is 9.64 Å². The first-order chi connectivity index (χ1) is 15.4. The number of aliphatic imine (C=N–C) groups is 1. The van der Waals surface area contributed by atoms with Crippen LogP contribution in [0, 0.1) is 0 Å². The number of nitrogens with zero attached hydrogens (tertiary/aromatic N) is 3. The number of carbonyl (C=O) groups excluding carboxylic acids is 1. The van der Waals surface area contributed by atoms with E-state index in [1.165, 1.54) is 0 Å². The number of hydroxylamine groups is 2. The van der Waals surface area contributed by atoms with Gasteiger partial charge in [-0.3, -0.25) is 15.0 Å². The minimum Gasteiger partial charge on any atom is -0.497 e. The minimum atomic E-state index is -0.461. The highest BCUT2D eigenvalue weighted by molar-refractivity contribution is 6.42. The molecule has 32 heavy (non-hydrogen) atoms. The average Bonchev–Trinajstić information content (AvgIpc) is 2.80. The number of allylic oxidation sites excluding steroid dienone is 1. The van der Waals surface area contributed by atoms with Crippen LogP contribution in [0.5, 0.6) is 5.75 Å². The molecule has 1 heterocycles. The SMILES string of the molecule is COc1ccc(CN=C2C[N+](C)=CC=C2C(=O)N(O)CCCc2ccc(Cl)c(Cl)c2)cc1. The molecule has 1 N–H and O–H groups in total. The molecule has 0 saturated carbocycles. The number of methoxy groups -OCH3 is 1. The van der Waals surface area contributed by atoms with Crippen LogP contribution >= 0.6 is 23.2 Å². The van der Waals surface area contributed by atoms with E-state index in [9.17, 15) is 10.0 Å². The van der Waals surface area contributed by atoms with Gasteiger partial charge < -0.3 is 4.74 Å². The monoisotopic (exact) mass is 474 g/mol. The number of amides is 1. The lowest BCUT2D eigenvalue weighted by Crippen LogP contribution is -2.36. The van der Waals surface area contributed by atoms with E-state index in [1.54, 1.807) is 25.3 Å². The zero-order chi connectivity index (χ0) is 23.1. The Morgan fingerprint density at radius 1 is 1.16 bits per heavy atom. The van der Waals surface area contributed by atoms with Gasteiger partial charge in [0.2, 0.25) is 0 Å². The molecule has 168 valence electrons. The summed E-state index contributed by atoms with van der Waals surface area (Å²) in [7, 11) is 3.53. The van der Waals surface area contributed by atoms with Crippen LogP contribution in [0.1, 0.15) is 17.5 Å². The molecule has 6 nitrogen and oxygen atoms in total. The van der Waals surface area contributed by atoms with Crippen molar-refractivity contribution in [2.24, 2.45) is 4.99 Å². The Hall–Kier alpha value is -2.67. The summed E-state index contributed by atoms with van der Waals surface area (Å²) in [6.45, 7) is 1.11. The summed E-state index contributed by atoms with van der Waals surface area (Å²) < 4.78 is 7.12. The molecule has 1 amide bonds. The van der Waals surface area contributed by atoms with E-state index in [1.807, 2.05) is 48.2 Å². The second kappa shape index (κ2) is 11.3. The fourth-order valence-electron chi connectivity index (χ4n) is 3.29. The van der Waals surface area contributed by atoms with Crippen LogP contribution in [-0.2, 0) is 17.8 Å². The highest BCUT2D eigenvalue weighted by Crippen LogP contribution is 2.23. The lowest BCUT2D eigenvalue weighted by atomic mass is 10.1. The van der Waals surface area contributed by atoms with Crippen molar-refractivity contribution < 1.29 is 19.3 Å². The van der Waals surface area contributed by atoms with E-state index >= 15 is 0 Å². The van der Waals surface area contributed by atoms with Crippen LogP contribution in [0.25, 0.3) is 0 Å². The standard InChI is InChI=1S/C24H26Cl2N3O3/c1-28-13-11-20(23(16-28)27-15-18-5-8-19(32-2)9-6-18)24(30)29(31)12-3-4-17-7-10-21(25)22(26)14-17/h5-11,13-14,31H,3-4,12,15-16H2,1-2H3/q+1. The number of carbonyl (C=O) groups is 1. The molecule has 3 rings (SSSR count). The summed E-state index contributed by atoms with van der Waals surface area (Å²) in [5.74, 6) is 0.318. The molecular weight excluding hydrogens is 449 g/mol. The number of aryl methyl sites for hydroxylation is 1. The van der Waals surface area contributed by atoms with Gasteiger partial charge in [0.15, 0.2) is 12.8 Å². The molecule has 0 saturated heterocycles. The number of hydrogen-bond acceptors (Lipinski definition) is 4. The Morgan fingerprint density at radius 3 is 2.56 bits per heavy atom. The van der Waals surface area contributed by atoms with Crippen LogP contribution in [0.4, 0.5) is 0 Å². The maximum absolute atomic E-state index is 12.9. The third-order valence-electron chi connectivity index (χ3n) is 5.10. The molecule has 8 heteroatoms. The zero-order valence-corrected chi connectivity index (χ0v) is 19.6. The van der Waals surface area contributed by atoms with Crippen molar-refractivity contribution in [3.8, 4) is 5.75 Å². The van der Waals surface area contributed by atoms with E-state index in [4.69, 9.17) is 27.9 Å². The number of hydrogen-bond donors (Lipinski definition) is 1. The van der Waals surface area contributed by atoms with Crippen LogP contribution in [0.2, 0.25) is 10.0 Å². The van der Waals surface area contributed by atoms with Gasteiger partial charge >= 0.3 is 0 Å². The Kier molecular flexibility index (Phi) is 8.45. The molecule has 0 aromatic heterocycles. The molecule has 0 radical (unpaired) electrons. The largest absolute Gasteiger partial charge is 0.497 e. The number of halogens is 2. The average molecular weight is 475 g/mol. The second-order valence-corrected chi connectivity index (χ2v) is 8.35. The normalized spacial score (nSPS) is 14.7. The summed E-state index contributed by atoms with van der Waals surface area (Å²) in [4.78, 5) is 17.5. The molecule has 2 aromatic rings. The maximum Gasteiger partial charge on any atom is 0.279 e. The third-order valence-corrected chi connectivity index (χ3v) is 5.84. The summed E-state index contributed by atoms with van der Waals surface area (Å²) in [5, 5.41) is 12.1. The first-order valence-electron chi connectivity index (χ1n) is 10.2. The van der Waals surface area contributed by atoms with Crippen molar-refractivity contribution >= 4 is 41.0 Å². The van der Waals surface area contributed by atoms with Gasteiger partial charge in [0.25, 0.3) is 5.91 Å². The fourth-order valence-corrected chi connectivity index (χ4v) is 3.61. The van der Waals surface area contributed by atoms with Crippen molar-refractivity contribution in [1.29, 1.82) is 0 Å². The first-order valence-corrected chi connectivity index (χ1v) is 11.0. The van der Waals surface area contributed by atoms with E-state index in [-0.39, 0.29) is 6.54 Å².